The topological polar surface area (TPSA) is 72.9 Å². The maximum Gasteiger partial charge on any atom is 0.257 e. The second-order valence-electron chi connectivity index (χ2n) is 7.44. The Morgan fingerprint density at radius 1 is 1.04 bits per heavy atom. The predicted octanol–water partition coefficient (Wildman–Crippen LogP) is 3.21. The van der Waals surface area contributed by atoms with Gasteiger partial charge in [0.05, 0.1) is 18.8 Å². The summed E-state index contributed by atoms with van der Waals surface area (Å²) in [5.41, 5.74) is 1.20. The Morgan fingerprint density at radius 3 is 2.57 bits per heavy atom. The summed E-state index contributed by atoms with van der Waals surface area (Å²) >= 11 is 0. The molecule has 0 radical (unpaired) electrons. The molecule has 28 heavy (non-hydrogen) atoms. The first-order valence-corrected chi connectivity index (χ1v) is 9.83. The van der Waals surface area contributed by atoms with Gasteiger partial charge < -0.3 is 24.4 Å². The van der Waals surface area contributed by atoms with E-state index < -0.39 is 5.79 Å². The molecule has 2 aliphatic heterocycles. The van der Waals surface area contributed by atoms with Gasteiger partial charge in [-0.25, -0.2) is 4.98 Å². The molecule has 3 heterocycles. The first-order valence-electron chi connectivity index (χ1n) is 9.83. The lowest BCUT2D eigenvalue weighted by Gasteiger charge is -2.27. The van der Waals surface area contributed by atoms with Crippen LogP contribution >= 0.6 is 0 Å². The van der Waals surface area contributed by atoms with E-state index in [1.165, 1.54) is 0 Å². The van der Waals surface area contributed by atoms with Crippen molar-refractivity contribution in [1.82, 2.24) is 4.98 Å². The number of carbonyl (C=O) groups excluding carboxylic acids is 1. The van der Waals surface area contributed by atoms with Crippen molar-refractivity contribution in [2.45, 2.75) is 31.5 Å². The standard InChI is InChI=1S/C21H23N3O4/c25-20(15-3-6-19(22-14-15)24-9-11-26-12-10-24)23-16-4-5-17-18(13-16)28-21(27-17)7-1-2-8-21/h3-6,13-14H,1-2,7-12H2,(H,23,25). The van der Waals surface area contributed by atoms with Crippen molar-refractivity contribution in [3.8, 4) is 11.5 Å². The van der Waals surface area contributed by atoms with Gasteiger partial charge in [-0.3, -0.25) is 4.79 Å². The van der Waals surface area contributed by atoms with Crippen molar-refractivity contribution >= 4 is 17.4 Å². The van der Waals surface area contributed by atoms with Gasteiger partial charge in [-0.1, -0.05) is 0 Å². The minimum atomic E-state index is -0.496. The fourth-order valence-electron chi connectivity index (χ4n) is 3.99. The molecule has 0 bridgehead atoms. The molecule has 1 N–H and O–H groups in total. The monoisotopic (exact) mass is 381 g/mol. The number of nitrogens with one attached hydrogen (secondary N) is 1. The first kappa shape index (κ1) is 17.3. The lowest BCUT2D eigenvalue weighted by Crippen LogP contribution is -2.36. The zero-order valence-corrected chi connectivity index (χ0v) is 15.6. The average Bonchev–Trinajstić information content (AvgIpc) is 3.34. The molecule has 2 aromatic rings. The summed E-state index contributed by atoms with van der Waals surface area (Å²) in [7, 11) is 0. The Bertz CT molecular complexity index is 872. The van der Waals surface area contributed by atoms with E-state index in [9.17, 15) is 4.79 Å². The summed E-state index contributed by atoms with van der Waals surface area (Å²) in [6.07, 6.45) is 5.66. The van der Waals surface area contributed by atoms with Crippen molar-refractivity contribution in [2.75, 3.05) is 36.5 Å². The number of pyridine rings is 1. The summed E-state index contributed by atoms with van der Waals surface area (Å²) in [6, 6.07) is 9.20. The van der Waals surface area contributed by atoms with Gasteiger partial charge >= 0.3 is 0 Å². The van der Waals surface area contributed by atoms with Crippen molar-refractivity contribution in [1.29, 1.82) is 0 Å². The third-order valence-electron chi connectivity index (χ3n) is 5.50. The molecule has 1 saturated carbocycles. The first-order chi connectivity index (χ1) is 13.7. The molecule has 0 unspecified atom stereocenters. The van der Waals surface area contributed by atoms with Crippen LogP contribution in [0, 0.1) is 0 Å². The van der Waals surface area contributed by atoms with Crippen LogP contribution in [0.15, 0.2) is 36.5 Å². The summed E-state index contributed by atoms with van der Waals surface area (Å²) in [4.78, 5) is 19.2. The highest BCUT2D eigenvalue weighted by atomic mass is 16.7. The molecular formula is C21H23N3O4. The lowest BCUT2D eigenvalue weighted by atomic mass is 10.2. The van der Waals surface area contributed by atoms with Gasteiger partial charge in [0.2, 0.25) is 0 Å². The van der Waals surface area contributed by atoms with E-state index in [4.69, 9.17) is 14.2 Å². The van der Waals surface area contributed by atoms with E-state index in [0.717, 1.165) is 50.3 Å². The molecule has 7 nitrogen and oxygen atoms in total. The van der Waals surface area contributed by atoms with Crippen LogP contribution in [0.5, 0.6) is 11.5 Å². The fraction of sp³-hybridized carbons (Fsp3) is 0.429. The maximum absolute atomic E-state index is 12.6. The third kappa shape index (κ3) is 3.26. The number of nitrogens with zero attached hydrogens (tertiary/aromatic N) is 2. The molecule has 1 aliphatic carbocycles. The normalized spacial score (nSPS) is 19.8. The van der Waals surface area contributed by atoms with Crippen LogP contribution < -0.4 is 19.7 Å². The summed E-state index contributed by atoms with van der Waals surface area (Å²) in [5, 5.41) is 2.92. The number of carbonyl (C=O) groups is 1. The van der Waals surface area contributed by atoms with Gasteiger partial charge in [-0.15, -0.1) is 0 Å². The lowest BCUT2D eigenvalue weighted by molar-refractivity contribution is -0.0716. The molecule has 7 heteroatoms. The molecule has 1 aromatic heterocycles. The van der Waals surface area contributed by atoms with Gasteiger partial charge in [0.25, 0.3) is 11.7 Å². The average molecular weight is 381 g/mol. The number of ether oxygens (including phenoxy) is 3. The molecule has 1 spiro atoms. The highest BCUT2D eigenvalue weighted by molar-refractivity contribution is 6.04. The van der Waals surface area contributed by atoms with Crippen LogP contribution in [0.1, 0.15) is 36.0 Å². The van der Waals surface area contributed by atoms with Crippen molar-refractivity contribution in [3.05, 3.63) is 42.1 Å². The summed E-state index contributed by atoms with van der Waals surface area (Å²) in [6.45, 7) is 3.04. The highest BCUT2D eigenvalue weighted by Gasteiger charge is 2.44. The number of hydrogen-bond acceptors (Lipinski definition) is 6. The second-order valence-corrected chi connectivity index (χ2v) is 7.44. The van der Waals surface area contributed by atoms with E-state index >= 15 is 0 Å². The van der Waals surface area contributed by atoms with Crippen LogP contribution in [-0.4, -0.2) is 43.0 Å². The number of aromatic nitrogens is 1. The van der Waals surface area contributed by atoms with Crippen LogP contribution in [0.25, 0.3) is 0 Å². The van der Waals surface area contributed by atoms with Gasteiger partial charge in [0, 0.05) is 43.9 Å². The van der Waals surface area contributed by atoms with Crippen molar-refractivity contribution in [2.24, 2.45) is 0 Å². The van der Waals surface area contributed by atoms with Gasteiger partial charge in [0.15, 0.2) is 11.5 Å². The fourth-order valence-corrected chi connectivity index (χ4v) is 3.99. The molecule has 1 aromatic carbocycles. The number of morpholine rings is 1. The number of amides is 1. The Kier molecular flexibility index (Phi) is 4.31. The van der Waals surface area contributed by atoms with Gasteiger partial charge in [-0.2, -0.15) is 0 Å². The Balaban J connectivity index is 1.26. The predicted molar refractivity (Wildman–Crippen MR) is 104 cm³/mol. The van der Waals surface area contributed by atoms with Crippen LogP contribution in [-0.2, 0) is 4.74 Å². The maximum atomic E-state index is 12.6. The Morgan fingerprint density at radius 2 is 1.82 bits per heavy atom. The zero-order chi connectivity index (χ0) is 19.0. The van der Waals surface area contributed by atoms with E-state index in [2.05, 4.69) is 15.2 Å². The molecule has 3 aliphatic rings. The van der Waals surface area contributed by atoms with E-state index in [1.807, 2.05) is 24.3 Å². The molecule has 5 rings (SSSR count). The molecule has 2 fully saturated rings. The summed E-state index contributed by atoms with van der Waals surface area (Å²) in [5.74, 6) is 1.61. The van der Waals surface area contributed by atoms with Crippen LogP contribution in [0.3, 0.4) is 0 Å². The smallest absolute Gasteiger partial charge is 0.257 e. The van der Waals surface area contributed by atoms with Crippen LogP contribution in [0.4, 0.5) is 11.5 Å². The largest absolute Gasteiger partial charge is 0.448 e. The second kappa shape index (κ2) is 6.98. The zero-order valence-electron chi connectivity index (χ0n) is 15.6. The number of benzene rings is 1. The van der Waals surface area contributed by atoms with E-state index in [1.54, 1.807) is 12.3 Å². The van der Waals surface area contributed by atoms with Gasteiger partial charge in [-0.05, 0) is 37.1 Å². The number of fused-ring (bicyclic) bond motifs is 1. The van der Waals surface area contributed by atoms with Crippen molar-refractivity contribution < 1.29 is 19.0 Å². The third-order valence-corrected chi connectivity index (χ3v) is 5.50. The SMILES string of the molecule is O=C(Nc1ccc2c(c1)OC1(CCCC1)O2)c1ccc(N2CCOCC2)nc1. The minimum Gasteiger partial charge on any atom is -0.448 e. The number of anilines is 2. The number of hydrogen-bond donors (Lipinski definition) is 1. The quantitative estimate of drug-likeness (QED) is 0.880. The number of rotatable bonds is 3. The highest BCUT2D eigenvalue weighted by Crippen LogP contribution is 2.47. The molecule has 1 amide bonds. The molecule has 0 atom stereocenters. The molecule has 1 saturated heterocycles. The summed E-state index contributed by atoms with van der Waals surface area (Å²) < 4.78 is 17.4. The van der Waals surface area contributed by atoms with Crippen LogP contribution in [0.2, 0.25) is 0 Å². The van der Waals surface area contributed by atoms with E-state index in [-0.39, 0.29) is 5.91 Å². The van der Waals surface area contributed by atoms with E-state index in [0.29, 0.717) is 30.2 Å². The molecular weight excluding hydrogens is 358 g/mol. The van der Waals surface area contributed by atoms with Gasteiger partial charge in [0.1, 0.15) is 5.82 Å². The van der Waals surface area contributed by atoms with Crippen molar-refractivity contribution in [3.63, 3.8) is 0 Å². The molecule has 146 valence electrons. The Hall–Kier alpha value is -2.80. The Labute approximate surface area is 163 Å². The minimum absolute atomic E-state index is 0.199.